The molecule has 3 aromatic carbocycles. The van der Waals surface area contributed by atoms with Crippen molar-refractivity contribution in [2.45, 2.75) is 11.8 Å². The molecule has 1 aliphatic rings. The normalized spacial score (nSPS) is 13.9. The van der Waals surface area contributed by atoms with Crippen LogP contribution in [-0.4, -0.2) is 18.4 Å². The van der Waals surface area contributed by atoms with Crippen LogP contribution in [-0.2, 0) is 9.59 Å². The predicted octanol–water partition coefficient (Wildman–Crippen LogP) is 5.30. The van der Waals surface area contributed by atoms with Gasteiger partial charge < -0.3 is 4.74 Å². The Bertz CT molecular complexity index is 1110. The summed E-state index contributed by atoms with van der Waals surface area (Å²) in [5, 5.41) is 0. The van der Waals surface area contributed by atoms with Crippen molar-refractivity contribution in [2.75, 3.05) is 11.5 Å². The summed E-state index contributed by atoms with van der Waals surface area (Å²) in [7, 11) is 0. The first-order valence-corrected chi connectivity index (χ1v) is 10.2. The molecule has 0 bridgehead atoms. The molecule has 6 heteroatoms. The zero-order valence-corrected chi connectivity index (χ0v) is 17.0. The fourth-order valence-electron chi connectivity index (χ4n) is 3.17. The SMILES string of the molecule is CCOc1ccc(C2=C(Sc3ccccc3)C(=O)N(c3ccc(F)cc3)C2=O)cc1. The van der Waals surface area contributed by atoms with Crippen LogP contribution >= 0.6 is 11.8 Å². The van der Waals surface area contributed by atoms with Crippen molar-refractivity contribution >= 4 is 34.8 Å². The van der Waals surface area contributed by atoms with Gasteiger partial charge in [0, 0.05) is 4.90 Å². The van der Waals surface area contributed by atoms with E-state index in [2.05, 4.69) is 0 Å². The van der Waals surface area contributed by atoms with Gasteiger partial charge in [-0.15, -0.1) is 0 Å². The van der Waals surface area contributed by atoms with Crippen LogP contribution in [0.1, 0.15) is 12.5 Å². The molecule has 0 N–H and O–H groups in total. The highest BCUT2D eigenvalue weighted by atomic mass is 32.2. The molecular weight excluding hydrogens is 401 g/mol. The second kappa shape index (κ2) is 8.55. The highest BCUT2D eigenvalue weighted by Crippen LogP contribution is 2.41. The second-order valence-corrected chi connectivity index (χ2v) is 7.58. The lowest BCUT2D eigenvalue weighted by Crippen LogP contribution is -2.31. The van der Waals surface area contributed by atoms with Crippen molar-refractivity contribution in [1.82, 2.24) is 0 Å². The third-order valence-corrected chi connectivity index (χ3v) is 5.63. The number of halogens is 1. The Balaban J connectivity index is 1.78. The van der Waals surface area contributed by atoms with E-state index >= 15 is 0 Å². The molecule has 0 fully saturated rings. The first-order chi connectivity index (χ1) is 14.6. The van der Waals surface area contributed by atoms with E-state index in [9.17, 15) is 14.0 Å². The number of carbonyl (C=O) groups is 2. The minimum absolute atomic E-state index is 0.321. The largest absolute Gasteiger partial charge is 0.494 e. The van der Waals surface area contributed by atoms with Crippen molar-refractivity contribution in [3.8, 4) is 5.75 Å². The first-order valence-electron chi connectivity index (χ1n) is 9.43. The van der Waals surface area contributed by atoms with Gasteiger partial charge in [0.25, 0.3) is 11.8 Å². The number of ether oxygens (including phenoxy) is 1. The van der Waals surface area contributed by atoms with Crippen molar-refractivity contribution in [1.29, 1.82) is 0 Å². The monoisotopic (exact) mass is 419 g/mol. The summed E-state index contributed by atoms with van der Waals surface area (Å²) >= 11 is 1.24. The van der Waals surface area contributed by atoms with E-state index in [0.29, 0.717) is 34.1 Å². The Morgan fingerprint density at radius 1 is 0.867 bits per heavy atom. The standard InChI is InChI=1S/C24H18FNO3S/c1-2-29-19-14-8-16(9-15-19)21-22(30-20-6-4-3-5-7-20)24(28)26(23(21)27)18-12-10-17(25)11-13-18/h3-15H,2H2,1H3. The Morgan fingerprint density at radius 3 is 2.17 bits per heavy atom. The van der Waals surface area contributed by atoms with Crippen LogP contribution < -0.4 is 9.64 Å². The van der Waals surface area contributed by atoms with E-state index in [1.165, 1.54) is 36.0 Å². The lowest BCUT2D eigenvalue weighted by atomic mass is 10.1. The van der Waals surface area contributed by atoms with Crippen LogP contribution in [0, 0.1) is 5.82 Å². The van der Waals surface area contributed by atoms with Gasteiger partial charge in [-0.05, 0) is 61.0 Å². The number of rotatable bonds is 6. The lowest BCUT2D eigenvalue weighted by molar-refractivity contribution is -0.119. The fraction of sp³-hybridized carbons (Fsp3) is 0.0833. The molecule has 0 spiro atoms. The third-order valence-electron chi connectivity index (χ3n) is 4.54. The summed E-state index contributed by atoms with van der Waals surface area (Å²) in [5.74, 6) is -0.610. The van der Waals surface area contributed by atoms with Crippen LogP contribution in [0.2, 0.25) is 0 Å². The molecule has 0 unspecified atom stereocenters. The molecule has 0 aliphatic carbocycles. The van der Waals surface area contributed by atoms with Crippen LogP contribution in [0.25, 0.3) is 5.57 Å². The summed E-state index contributed by atoms with van der Waals surface area (Å²) in [4.78, 5) is 28.9. The average Bonchev–Trinajstić information content (AvgIpc) is 3.00. The van der Waals surface area contributed by atoms with E-state index in [1.807, 2.05) is 37.3 Å². The van der Waals surface area contributed by atoms with E-state index in [1.54, 1.807) is 24.3 Å². The number of benzene rings is 3. The van der Waals surface area contributed by atoms with Crippen molar-refractivity contribution < 1.29 is 18.7 Å². The maximum Gasteiger partial charge on any atom is 0.272 e. The maximum absolute atomic E-state index is 13.4. The highest BCUT2D eigenvalue weighted by molar-refractivity contribution is 8.04. The topological polar surface area (TPSA) is 46.6 Å². The van der Waals surface area contributed by atoms with Gasteiger partial charge in [-0.3, -0.25) is 9.59 Å². The molecule has 4 nitrogen and oxygen atoms in total. The average molecular weight is 419 g/mol. The van der Waals surface area contributed by atoms with Gasteiger partial charge in [0.2, 0.25) is 0 Å². The number of carbonyl (C=O) groups excluding carboxylic acids is 2. The van der Waals surface area contributed by atoms with Crippen molar-refractivity contribution in [3.05, 3.63) is 95.1 Å². The van der Waals surface area contributed by atoms with Crippen LogP contribution in [0.15, 0.2) is 88.7 Å². The van der Waals surface area contributed by atoms with Crippen LogP contribution in [0.3, 0.4) is 0 Å². The Morgan fingerprint density at radius 2 is 1.53 bits per heavy atom. The minimum atomic E-state index is -0.436. The Kier molecular flexibility index (Phi) is 5.68. The molecule has 1 aliphatic heterocycles. The summed E-state index contributed by atoms with van der Waals surface area (Å²) in [5.41, 5.74) is 1.28. The van der Waals surface area contributed by atoms with Crippen molar-refractivity contribution in [2.24, 2.45) is 0 Å². The molecule has 0 radical (unpaired) electrons. The molecule has 30 heavy (non-hydrogen) atoms. The van der Waals surface area contributed by atoms with Gasteiger partial charge in [-0.2, -0.15) is 0 Å². The fourth-order valence-corrected chi connectivity index (χ4v) is 4.19. The summed E-state index contributed by atoms with van der Waals surface area (Å²) in [6.45, 7) is 2.43. The number of nitrogens with zero attached hydrogens (tertiary/aromatic N) is 1. The van der Waals surface area contributed by atoms with E-state index < -0.39 is 17.6 Å². The summed E-state index contributed by atoms with van der Waals surface area (Å²) < 4.78 is 18.8. The highest BCUT2D eigenvalue weighted by Gasteiger charge is 2.40. The van der Waals surface area contributed by atoms with Gasteiger partial charge in [0.15, 0.2) is 0 Å². The Labute approximate surface area is 178 Å². The number of hydrogen-bond acceptors (Lipinski definition) is 4. The van der Waals surface area contributed by atoms with Crippen LogP contribution in [0.4, 0.5) is 10.1 Å². The number of thioether (sulfide) groups is 1. The molecule has 4 rings (SSSR count). The smallest absolute Gasteiger partial charge is 0.272 e. The number of hydrogen-bond donors (Lipinski definition) is 0. The number of amides is 2. The van der Waals surface area contributed by atoms with Crippen molar-refractivity contribution in [3.63, 3.8) is 0 Å². The summed E-state index contributed by atoms with van der Waals surface area (Å²) in [6, 6.07) is 21.8. The van der Waals surface area contributed by atoms with Crippen LogP contribution in [0.5, 0.6) is 5.75 Å². The molecule has 1 heterocycles. The molecular formula is C24H18FNO3S. The second-order valence-electron chi connectivity index (χ2n) is 6.50. The number of imide groups is 1. The van der Waals surface area contributed by atoms with E-state index in [4.69, 9.17) is 4.74 Å². The van der Waals surface area contributed by atoms with Gasteiger partial charge in [0.05, 0.1) is 22.8 Å². The molecule has 3 aromatic rings. The molecule has 2 amide bonds. The zero-order valence-electron chi connectivity index (χ0n) is 16.2. The van der Waals surface area contributed by atoms with Gasteiger partial charge in [-0.1, -0.05) is 42.1 Å². The summed E-state index contributed by atoms with van der Waals surface area (Å²) in [6.07, 6.45) is 0. The Hall–Kier alpha value is -3.38. The molecule has 0 aromatic heterocycles. The van der Waals surface area contributed by atoms with E-state index in [-0.39, 0.29) is 0 Å². The maximum atomic E-state index is 13.4. The lowest BCUT2D eigenvalue weighted by Gasteiger charge is -2.15. The molecule has 0 atom stereocenters. The molecule has 0 saturated carbocycles. The predicted molar refractivity (Wildman–Crippen MR) is 116 cm³/mol. The first kappa shape index (κ1) is 19.9. The van der Waals surface area contributed by atoms with Gasteiger partial charge in [0.1, 0.15) is 11.6 Å². The van der Waals surface area contributed by atoms with Gasteiger partial charge >= 0.3 is 0 Å². The molecule has 150 valence electrons. The minimum Gasteiger partial charge on any atom is -0.494 e. The third kappa shape index (κ3) is 3.86. The van der Waals surface area contributed by atoms with E-state index in [0.717, 1.165) is 9.80 Å². The molecule has 0 saturated heterocycles. The van der Waals surface area contributed by atoms with Gasteiger partial charge in [-0.25, -0.2) is 9.29 Å². The zero-order chi connectivity index (χ0) is 21.1. The number of anilines is 1. The quantitative estimate of drug-likeness (QED) is 0.509.